The molecule has 0 saturated heterocycles. The topological polar surface area (TPSA) is 102 Å². The van der Waals surface area contributed by atoms with Crippen LogP contribution in [0.3, 0.4) is 0 Å². The summed E-state index contributed by atoms with van der Waals surface area (Å²) in [6.45, 7) is 1.75. The second-order valence-corrected chi connectivity index (χ2v) is 7.41. The van der Waals surface area contributed by atoms with E-state index in [1.807, 2.05) is 12.1 Å². The van der Waals surface area contributed by atoms with Crippen LogP contribution in [0.15, 0.2) is 58.6 Å². The number of aromatic nitrogens is 1. The lowest BCUT2D eigenvalue weighted by atomic mass is 10.3. The van der Waals surface area contributed by atoms with Gasteiger partial charge < -0.3 is 5.32 Å². The van der Waals surface area contributed by atoms with Gasteiger partial charge in [0.25, 0.3) is 0 Å². The van der Waals surface area contributed by atoms with Gasteiger partial charge in [-0.05, 0) is 37.3 Å². The van der Waals surface area contributed by atoms with Crippen LogP contribution in [0.5, 0.6) is 0 Å². The van der Waals surface area contributed by atoms with E-state index in [1.54, 1.807) is 25.3 Å². The number of hydrogen-bond acceptors (Lipinski definition) is 5. The summed E-state index contributed by atoms with van der Waals surface area (Å²) in [5, 5.41) is 8.09. The number of rotatable bonds is 5. The summed E-state index contributed by atoms with van der Waals surface area (Å²) in [5.74, 6) is -0.248. The van der Waals surface area contributed by atoms with Gasteiger partial charge in [-0.3, -0.25) is 4.79 Å². The van der Waals surface area contributed by atoms with Gasteiger partial charge in [-0.15, -0.1) is 0 Å². The Bertz CT molecular complexity index is 764. The maximum Gasteiger partial charge on any atom is 0.238 e. The van der Waals surface area contributed by atoms with E-state index in [2.05, 4.69) is 10.3 Å². The number of carbonyl (C=O) groups is 1. The van der Waals surface area contributed by atoms with Gasteiger partial charge >= 0.3 is 0 Å². The van der Waals surface area contributed by atoms with Crippen LogP contribution < -0.4 is 10.5 Å². The average Bonchev–Trinajstić information content (AvgIpc) is 2.47. The van der Waals surface area contributed by atoms with Gasteiger partial charge in [0, 0.05) is 11.9 Å². The van der Waals surface area contributed by atoms with E-state index in [1.165, 1.54) is 30.0 Å². The molecule has 0 unspecified atom stereocenters. The molecule has 0 aliphatic rings. The molecule has 3 N–H and O–H groups in total. The maximum atomic E-state index is 12.1. The molecule has 2 aromatic rings. The summed E-state index contributed by atoms with van der Waals surface area (Å²) in [6.07, 6.45) is 1.66. The first-order valence-corrected chi connectivity index (χ1v) is 8.80. The molecule has 0 fully saturated rings. The minimum absolute atomic E-state index is 0.0460. The summed E-state index contributed by atoms with van der Waals surface area (Å²) in [4.78, 5) is 16.2. The highest BCUT2D eigenvalue weighted by Crippen LogP contribution is 2.22. The predicted octanol–water partition coefficient (Wildman–Crippen LogP) is 1.85. The molecule has 1 atom stereocenters. The Morgan fingerprint density at radius 3 is 2.68 bits per heavy atom. The Balaban J connectivity index is 2.06. The van der Waals surface area contributed by atoms with Crippen molar-refractivity contribution < 1.29 is 13.2 Å². The normalized spacial score (nSPS) is 12.6. The van der Waals surface area contributed by atoms with Crippen molar-refractivity contribution in [2.75, 3.05) is 5.32 Å². The molecule has 0 spiro atoms. The summed E-state index contributed by atoms with van der Waals surface area (Å²) in [7, 11) is -3.80. The van der Waals surface area contributed by atoms with E-state index in [0.717, 1.165) is 5.03 Å². The van der Waals surface area contributed by atoms with Crippen LogP contribution in [0, 0.1) is 0 Å². The first kappa shape index (κ1) is 16.5. The Labute approximate surface area is 133 Å². The standard InChI is InChI=1S/C14H15N3O3S2/c1-10(21-13-7-2-3-8-16-13)14(18)17-11-5-4-6-12(9-11)22(15,19)20/h2-10H,1H3,(H,17,18)(H2,15,19,20)/t10-/m1/s1. The highest BCUT2D eigenvalue weighted by molar-refractivity contribution is 8.00. The van der Waals surface area contributed by atoms with E-state index >= 15 is 0 Å². The highest BCUT2D eigenvalue weighted by atomic mass is 32.2. The smallest absolute Gasteiger partial charge is 0.238 e. The van der Waals surface area contributed by atoms with Crippen molar-refractivity contribution in [3.8, 4) is 0 Å². The van der Waals surface area contributed by atoms with E-state index < -0.39 is 10.0 Å². The van der Waals surface area contributed by atoms with Gasteiger partial charge in [0.15, 0.2) is 0 Å². The van der Waals surface area contributed by atoms with Crippen molar-refractivity contribution in [3.05, 3.63) is 48.7 Å². The number of amides is 1. The number of benzene rings is 1. The molecule has 1 amide bonds. The van der Waals surface area contributed by atoms with Crippen molar-refractivity contribution >= 4 is 33.4 Å². The molecule has 1 heterocycles. The van der Waals surface area contributed by atoms with Gasteiger partial charge in [-0.25, -0.2) is 18.5 Å². The number of anilines is 1. The molecule has 0 radical (unpaired) electrons. The SMILES string of the molecule is C[C@@H](Sc1ccccn1)C(=O)Nc1cccc(S(N)(=O)=O)c1. The van der Waals surface area contributed by atoms with Gasteiger partial charge in [-0.1, -0.05) is 23.9 Å². The second-order valence-electron chi connectivity index (χ2n) is 4.49. The molecule has 0 aliphatic carbocycles. The number of nitrogens with zero attached hydrogens (tertiary/aromatic N) is 1. The van der Waals surface area contributed by atoms with Crippen molar-refractivity contribution in [3.63, 3.8) is 0 Å². The largest absolute Gasteiger partial charge is 0.325 e. The first-order valence-electron chi connectivity index (χ1n) is 6.37. The lowest BCUT2D eigenvalue weighted by Gasteiger charge is -2.12. The molecule has 8 heteroatoms. The number of nitrogens with one attached hydrogen (secondary N) is 1. The fourth-order valence-electron chi connectivity index (χ4n) is 1.65. The fourth-order valence-corrected chi connectivity index (χ4v) is 3.01. The summed E-state index contributed by atoms with van der Waals surface area (Å²) in [6, 6.07) is 11.3. The number of sulfonamides is 1. The number of thioether (sulfide) groups is 1. The molecule has 0 saturated carbocycles. The molecule has 2 rings (SSSR count). The number of nitrogens with two attached hydrogens (primary N) is 1. The van der Waals surface area contributed by atoms with Crippen molar-refractivity contribution in [1.29, 1.82) is 0 Å². The Morgan fingerprint density at radius 2 is 2.05 bits per heavy atom. The number of hydrogen-bond donors (Lipinski definition) is 2. The van der Waals surface area contributed by atoms with Gasteiger partial charge in [0.2, 0.25) is 15.9 Å². The highest BCUT2D eigenvalue weighted by Gasteiger charge is 2.16. The Hall–Kier alpha value is -1.90. The first-order chi connectivity index (χ1) is 10.4. The quantitative estimate of drug-likeness (QED) is 0.811. The zero-order chi connectivity index (χ0) is 16.2. The molecular weight excluding hydrogens is 322 g/mol. The van der Waals surface area contributed by atoms with Crippen molar-refractivity contribution in [2.45, 2.75) is 22.1 Å². The molecule has 22 heavy (non-hydrogen) atoms. The number of pyridine rings is 1. The maximum absolute atomic E-state index is 12.1. The molecule has 1 aromatic carbocycles. The molecule has 0 bridgehead atoms. The third-order valence-electron chi connectivity index (χ3n) is 2.73. The average molecular weight is 337 g/mol. The van der Waals surface area contributed by atoms with Crippen LogP contribution in [0.2, 0.25) is 0 Å². The molecule has 116 valence electrons. The summed E-state index contributed by atoms with van der Waals surface area (Å²) < 4.78 is 22.6. The molecule has 6 nitrogen and oxygen atoms in total. The zero-order valence-corrected chi connectivity index (χ0v) is 13.4. The molecular formula is C14H15N3O3S2. The van der Waals surface area contributed by atoms with Crippen LogP contribution in [0.4, 0.5) is 5.69 Å². The monoisotopic (exact) mass is 337 g/mol. The van der Waals surface area contributed by atoms with Gasteiger partial charge in [0.1, 0.15) is 0 Å². The van der Waals surface area contributed by atoms with E-state index in [-0.39, 0.29) is 16.1 Å². The summed E-state index contributed by atoms with van der Waals surface area (Å²) >= 11 is 1.31. The van der Waals surface area contributed by atoms with Crippen molar-refractivity contribution in [2.24, 2.45) is 5.14 Å². The van der Waals surface area contributed by atoms with E-state index in [4.69, 9.17) is 5.14 Å². The Kier molecular flexibility index (Phi) is 5.17. The van der Waals surface area contributed by atoms with Gasteiger partial charge in [0.05, 0.1) is 15.2 Å². The summed E-state index contributed by atoms with van der Waals surface area (Å²) in [5.41, 5.74) is 0.380. The third kappa shape index (κ3) is 4.55. The van der Waals surface area contributed by atoms with Gasteiger partial charge in [-0.2, -0.15) is 0 Å². The Morgan fingerprint density at radius 1 is 1.27 bits per heavy atom. The van der Waals surface area contributed by atoms with Crippen molar-refractivity contribution in [1.82, 2.24) is 4.98 Å². The van der Waals surface area contributed by atoms with E-state index in [9.17, 15) is 13.2 Å². The number of carbonyl (C=O) groups excluding carboxylic acids is 1. The zero-order valence-electron chi connectivity index (χ0n) is 11.8. The van der Waals surface area contributed by atoms with Crippen LogP contribution in [-0.4, -0.2) is 24.6 Å². The van der Waals surface area contributed by atoms with Crippen LogP contribution >= 0.6 is 11.8 Å². The third-order valence-corrected chi connectivity index (χ3v) is 4.70. The second kappa shape index (κ2) is 6.91. The molecule has 1 aromatic heterocycles. The van der Waals surface area contributed by atoms with Crippen LogP contribution in [0.1, 0.15) is 6.92 Å². The fraction of sp³-hybridized carbons (Fsp3) is 0.143. The predicted molar refractivity (Wildman–Crippen MR) is 86.0 cm³/mol. The lowest BCUT2D eigenvalue weighted by molar-refractivity contribution is -0.115. The minimum Gasteiger partial charge on any atom is -0.325 e. The van der Waals surface area contributed by atoms with Crippen LogP contribution in [0.25, 0.3) is 0 Å². The number of primary sulfonamides is 1. The lowest BCUT2D eigenvalue weighted by Crippen LogP contribution is -2.22. The van der Waals surface area contributed by atoms with Crippen LogP contribution in [-0.2, 0) is 14.8 Å². The minimum atomic E-state index is -3.80. The molecule has 0 aliphatic heterocycles. The van der Waals surface area contributed by atoms with E-state index in [0.29, 0.717) is 5.69 Å².